The van der Waals surface area contributed by atoms with Gasteiger partial charge in [0.15, 0.2) is 25.6 Å². The van der Waals surface area contributed by atoms with E-state index in [0.29, 0.717) is 17.5 Å². The highest BCUT2D eigenvalue weighted by molar-refractivity contribution is 7.93. The summed E-state index contributed by atoms with van der Waals surface area (Å²) < 4.78 is 47.9. The summed E-state index contributed by atoms with van der Waals surface area (Å²) in [6.07, 6.45) is 0.601. The van der Waals surface area contributed by atoms with Gasteiger partial charge in [0.1, 0.15) is 9.79 Å². The van der Waals surface area contributed by atoms with Crippen molar-refractivity contribution in [1.82, 2.24) is 0 Å². The van der Waals surface area contributed by atoms with Crippen LogP contribution >= 0.6 is 11.6 Å². The maximum absolute atomic E-state index is 12.6. The van der Waals surface area contributed by atoms with E-state index in [1.54, 1.807) is 13.8 Å². The molecule has 248 valence electrons. The van der Waals surface area contributed by atoms with Crippen LogP contribution in [0.1, 0.15) is 87.2 Å². The molecule has 2 aromatic rings. The molecule has 0 aliphatic rings. The third kappa shape index (κ3) is 8.61. The van der Waals surface area contributed by atoms with Crippen LogP contribution in [0, 0.1) is 20.2 Å². The Morgan fingerprint density at radius 1 is 0.756 bits per heavy atom. The molecule has 4 N–H and O–H groups in total. The fraction of sp³-hybridized carbons (Fsp3) is 0.444. The smallest absolute Gasteiger partial charge is 0.288 e. The lowest BCUT2D eigenvalue weighted by molar-refractivity contribution is -0.388. The molecule has 45 heavy (non-hydrogen) atoms. The number of halogens is 1. The molecule has 0 atom stereocenters. The lowest BCUT2D eigenvalue weighted by atomic mass is 10.0. The fourth-order valence-electron chi connectivity index (χ4n) is 3.74. The first-order chi connectivity index (χ1) is 20.3. The highest BCUT2D eigenvalue weighted by atomic mass is 35.5. The molecule has 0 saturated heterocycles. The van der Waals surface area contributed by atoms with Gasteiger partial charge in [-0.1, -0.05) is 13.8 Å². The molecule has 0 saturated carbocycles. The number of nitro groups is 2. The van der Waals surface area contributed by atoms with Crippen molar-refractivity contribution in [3.63, 3.8) is 0 Å². The molecule has 0 heterocycles. The number of nitrogens with zero attached hydrogens (tertiary/aromatic N) is 3. The van der Waals surface area contributed by atoms with Gasteiger partial charge in [-0.25, -0.2) is 16.8 Å². The Balaban J connectivity index is 0.000000454. The first-order valence-corrected chi connectivity index (χ1v) is 16.6. The lowest BCUT2D eigenvalue weighted by Gasteiger charge is -2.20. The summed E-state index contributed by atoms with van der Waals surface area (Å²) in [5.74, 6) is -1.36. The highest BCUT2D eigenvalue weighted by Gasteiger charge is 2.39. The molecule has 0 aliphatic carbocycles. The summed E-state index contributed by atoms with van der Waals surface area (Å²) in [7, 11) is -7.91. The highest BCUT2D eigenvalue weighted by Crippen LogP contribution is 2.36. The van der Waals surface area contributed by atoms with Crippen molar-refractivity contribution in [2.24, 2.45) is 16.5 Å². The number of amides is 1. The maximum Gasteiger partial charge on any atom is 0.288 e. The third-order valence-corrected chi connectivity index (χ3v) is 11.6. The number of hydrogen-bond acceptors (Lipinski definition) is 10. The van der Waals surface area contributed by atoms with Crippen molar-refractivity contribution in [2.75, 3.05) is 0 Å². The van der Waals surface area contributed by atoms with Crippen molar-refractivity contribution < 1.29 is 36.3 Å². The van der Waals surface area contributed by atoms with Crippen LogP contribution in [0.2, 0.25) is 0 Å². The van der Waals surface area contributed by atoms with Crippen LogP contribution in [-0.4, -0.2) is 53.3 Å². The number of sulfone groups is 2. The van der Waals surface area contributed by atoms with Gasteiger partial charge in [-0.2, -0.15) is 4.99 Å². The van der Waals surface area contributed by atoms with Gasteiger partial charge < -0.3 is 11.5 Å². The van der Waals surface area contributed by atoms with Crippen LogP contribution in [0.4, 0.5) is 11.4 Å². The molecule has 0 aliphatic heterocycles. The van der Waals surface area contributed by atoms with E-state index in [4.69, 9.17) is 23.1 Å². The minimum atomic E-state index is -3.99. The van der Waals surface area contributed by atoms with Crippen LogP contribution in [0.15, 0.2) is 39.0 Å². The summed E-state index contributed by atoms with van der Waals surface area (Å²) in [6, 6.07) is 4.17. The summed E-state index contributed by atoms with van der Waals surface area (Å²) in [5.41, 5.74) is 9.51. The van der Waals surface area contributed by atoms with E-state index in [1.807, 2.05) is 0 Å². The molecule has 0 unspecified atom stereocenters. The van der Waals surface area contributed by atoms with Crippen LogP contribution in [0.3, 0.4) is 0 Å². The third-order valence-electron chi connectivity index (χ3n) is 6.39. The number of nitrogens with two attached hydrogens (primary N) is 2. The van der Waals surface area contributed by atoms with E-state index < -0.39 is 77.3 Å². The quantitative estimate of drug-likeness (QED) is 0.130. The summed E-state index contributed by atoms with van der Waals surface area (Å²) in [5, 5.41) is 21.6. The van der Waals surface area contributed by atoms with Gasteiger partial charge in [-0.3, -0.25) is 29.8 Å². The topological polar surface area (TPSA) is 253 Å². The van der Waals surface area contributed by atoms with Gasteiger partial charge in [0.25, 0.3) is 22.5 Å². The van der Waals surface area contributed by atoms with Crippen molar-refractivity contribution in [1.29, 1.82) is 0 Å². The normalized spacial score (nSPS) is 12.0. The Labute approximate surface area is 266 Å². The standard InChI is InChI=1S/C14H20N4O5S.C13H16ClNO5S/c1-5-8-6-11(24(22,23)14(2,3)4)10(18(20)21)7-9(8)12(19)17-13(15)16;1-5-8-6-11(21(19,20)13(2,3)4)10(15(17)18)7-9(8)12(14)16/h6-7H,5H2,1-4H3,(H4,15,16,17,19);6-7H,5H2,1-4H3. The van der Waals surface area contributed by atoms with Crippen LogP contribution in [0.5, 0.6) is 0 Å². The average molecular weight is 690 g/mol. The number of guanidine groups is 1. The van der Waals surface area contributed by atoms with Crippen molar-refractivity contribution in [3.8, 4) is 0 Å². The molecule has 2 rings (SSSR count). The summed E-state index contributed by atoms with van der Waals surface area (Å²) in [6.45, 7) is 12.1. The number of rotatable bonds is 8. The number of carbonyl (C=O) groups excluding carboxylic acids is 2. The van der Waals surface area contributed by atoms with Crippen molar-refractivity contribution in [2.45, 2.75) is 87.5 Å². The second-order valence-electron chi connectivity index (χ2n) is 11.5. The second-order valence-corrected chi connectivity index (χ2v) is 17.2. The molecule has 1 amide bonds. The van der Waals surface area contributed by atoms with E-state index in [0.717, 1.165) is 18.2 Å². The van der Waals surface area contributed by atoms with Crippen molar-refractivity contribution >= 4 is 59.8 Å². The van der Waals surface area contributed by atoms with Gasteiger partial charge in [0.2, 0.25) is 0 Å². The number of nitro benzene ring substituents is 2. The van der Waals surface area contributed by atoms with E-state index in [-0.39, 0.29) is 17.5 Å². The van der Waals surface area contributed by atoms with E-state index in [1.165, 1.54) is 47.6 Å². The predicted octanol–water partition coefficient (Wildman–Crippen LogP) is 4.25. The molecule has 0 fully saturated rings. The number of aliphatic imine (C=N–C) groups is 1. The fourth-order valence-corrected chi connectivity index (χ4v) is 6.65. The Morgan fingerprint density at radius 3 is 1.36 bits per heavy atom. The molecule has 15 nitrogen and oxygen atoms in total. The Morgan fingerprint density at radius 2 is 1.09 bits per heavy atom. The Hall–Kier alpha value is -3.96. The van der Waals surface area contributed by atoms with E-state index in [9.17, 15) is 46.7 Å². The number of hydrogen-bond donors (Lipinski definition) is 2. The lowest BCUT2D eigenvalue weighted by Crippen LogP contribution is -2.29. The summed E-state index contributed by atoms with van der Waals surface area (Å²) >= 11 is 5.41. The molecule has 2 aromatic carbocycles. The SMILES string of the molecule is CCc1cc(S(=O)(=O)C(C)(C)C)c([N+](=O)[O-])cc1C(=O)Cl.CCc1cc(S(=O)(=O)C(C)(C)C)c([N+](=O)[O-])cc1C(=O)N=C(N)N. The Bertz CT molecular complexity index is 1790. The summed E-state index contributed by atoms with van der Waals surface area (Å²) in [4.78, 5) is 46.8. The zero-order chi connectivity index (χ0) is 35.5. The van der Waals surface area contributed by atoms with E-state index in [2.05, 4.69) is 4.99 Å². The first kappa shape index (κ1) is 39.1. The molecule has 18 heteroatoms. The average Bonchev–Trinajstić information content (AvgIpc) is 2.89. The molecule has 0 radical (unpaired) electrons. The molecular weight excluding hydrogens is 654 g/mol. The van der Waals surface area contributed by atoms with Gasteiger partial charge >= 0.3 is 0 Å². The van der Waals surface area contributed by atoms with Crippen LogP contribution in [0.25, 0.3) is 0 Å². The number of carbonyl (C=O) groups is 2. The molecule has 0 bridgehead atoms. The van der Waals surface area contributed by atoms with Gasteiger partial charge in [-0.15, -0.1) is 0 Å². The van der Waals surface area contributed by atoms with Crippen molar-refractivity contribution in [3.05, 3.63) is 66.7 Å². The molecular formula is C27H36ClN5O10S2. The van der Waals surface area contributed by atoms with Crippen LogP contribution < -0.4 is 11.5 Å². The number of aryl methyl sites for hydroxylation is 2. The Kier molecular flexibility index (Phi) is 12.1. The van der Waals surface area contributed by atoms with Gasteiger partial charge in [-0.05, 0) is 89.2 Å². The minimum Gasteiger partial charge on any atom is -0.370 e. The largest absolute Gasteiger partial charge is 0.370 e. The van der Waals surface area contributed by atoms with Crippen LogP contribution in [-0.2, 0) is 32.5 Å². The molecule has 0 aromatic heterocycles. The first-order valence-electron chi connectivity index (χ1n) is 13.2. The van der Waals surface area contributed by atoms with E-state index >= 15 is 0 Å². The monoisotopic (exact) mass is 689 g/mol. The second kappa shape index (κ2) is 14.0. The maximum atomic E-state index is 12.6. The van der Waals surface area contributed by atoms with Gasteiger partial charge in [0.05, 0.1) is 24.9 Å². The zero-order valence-electron chi connectivity index (χ0n) is 26.0. The predicted molar refractivity (Wildman–Crippen MR) is 169 cm³/mol. The minimum absolute atomic E-state index is 0.0428. The van der Waals surface area contributed by atoms with Gasteiger partial charge in [0, 0.05) is 17.7 Å². The molecule has 0 spiro atoms. The zero-order valence-corrected chi connectivity index (χ0v) is 28.4. The number of benzene rings is 2.